The standard InChI is InChI=1S/C7H7N5S/c8-5-1-3-6(4-2-5)9-7-10-11-12-13-7/h1-4H,8H2,(H,9,10,12). The molecule has 2 aromatic rings. The van der Waals surface area contributed by atoms with Crippen molar-refractivity contribution in [2.75, 3.05) is 11.1 Å². The Balaban J connectivity index is 2.15. The summed E-state index contributed by atoms with van der Waals surface area (Å²) in [6.07, 6.45) is 0. The second-order valence-electron chi connectivity index (χ2n) is 2.41. The Bertz CT molecular complexity index is 368. The molecule has 0 saturated carbocycles. The maximum atomic E-state index is 5.53. The lowest BCUT2D eigenvalue weighted by molar-refractivity contribution is 0.961. The van der Waals surface area contributed by atoms with E-state index in [-0.39, 0.29) is 0 Å². The van der Waals surface area contributed by atoms with Crippen LogP contribution in [-0.2, 0) is 0 Å². The van der Waals surface area contributed by atoms with Crippen LogP contribution in [0.5, 0.6) is 0 Å². The van der Waals surface area contributed by atoms with Crippen molar-refractivity contribution in [2.24, 2.45) is 0 Å². The molecule has 0 bridgehead atoms. The van der Waals surface area contributed by atoms with Crippen molar-refractivity contribution in [1.29, 1.82) is 0 Å². The van der Waals surface area contributed by atoms with Gasteiger partial charge in [-0.1, -0.05) is 9.59 Å². The number of aromatic nitrogens is 3. The Kier molecular flexibility index (Phi) is 2.05. The fraction of sp³-hybridized carbons (Fsp3) is 0. The third kappa shape index (κ3) is 1.91. The number of nitrogens with one attached hydrogen (secondary N) is 1. The monoisotopic (exact) mass is 193 g/mol. The van der Waals surface area contributed by atoms with E-state index in [0.29, 0.717) is 5.13 Å². The molecule has 0 radical (unpaired) electrons. The maximum absolute atomic E-state index is 5.53. The molecule has 0 saturated heterocycles. The number of nitrogens with two attached hydrogens (primary N) is 1. The third-order valence-electron chi connectivity index (χ3n) is 1.46. The zero-order chi connectivity index (χ0) is 9.10. The van der Waals surface area contributed by atoms with Gasteiger partial charge in [-0.25, -0.2) is 0 Å². The number of hydrogen-bond acceptors (Lipinski definition) is 6. The molecule has 0 amide bonds. The first kappa shape index (κ1) is 7.93. The van der Waals surface area contributed by atoms with Crippen LogP contribution in [0.2, 0.25) is 0 Å². The molecule has 66 valence electrons. The van der Waals surface area contributed by atoms with Gasteiger partial charge in [-0.3, -0.25) is 0 Å². The molecule has 0 fully saturated rings. The predicted molar refractivity (Wildman–Crippen MR) is 51.8 cm³/mol. The number of rotatable bonds is 2. The summed E-state index contributed by atoms with van der Waals surface area (Å²) < 4.78 is 3.63. The summed E-state index contributed by atoms with van der Waals surface area (Å²) in [6, 6.07) is 7.38. The minimum absolute atomic E-state index is 0.671. The normalized spacial score (nSPS) is 9.85. The smallest absolute Gasteiger partial charge is 0.229 e. The van der Waals surface area contributed by atoms with Crippen LogP contribution < -0.4 is 11.1 Å². The van der Waals surface area contributed by atoms with Gasteiger partial charge in [0.25, 0.3) is 0 Å². The van der Waals surface area contributed by atoms with Gasteiger partial charge in [-0.15, -0.1) is 0 Å². The average Bonchev–Trinajstić information content (AvgIpc) is 2.62. The molecule has 0 atom stereocenters. The van der Waals surface area contributed by atoms with Crippen LogP contribution in [0, 0.1) is 0 Å². The first-order valence-corrected chi connectivity index (χ1v) is 4.39. The molecule has 1 heterocycles. The van der Waals surface area contributed by atoms with Crippen LogP contribution in [0.3, 0.4) is 0 Å². The quantitative estimate of drug-likeness (QED) is 0.702. The number of nitrogens with zero attached hydrogens (tertiary/aromatic N) is 3. The summed E-state index contributed by atoms with van der Waals surface area (Å²) in [7, 11) is 0. The van der Waals surface area contributed by atoms with Gasteiger partial charge in [-0.05, 0) is 29.5 Å². The van der Waals surface area contributed by atoms with Crippen molar-refractivity contribution in [3.63, 3.8) is 0 Å². The first-order valence-electron chi connectivity index (χ1n) is 3.62. The summed E-state index contributed by atoms with van der Waals surface area (Å²) >= 11 is 1.21. The van der Waals surface area contributed by atoms with Crippen LogP contribution in [0.15, 0.2) is 24.3 Å². The van der Waals surface area contributed by atoms with E-state index >= 15 is 0 Å². The largest absolute Gasteiger partial charge is 0.399 e. The van der Waals surface area contributed by atoms with Crippen LogP contribution in [0.4, 0.5) is 16.5 Å². The molecule has 2 rings (SSSR count). The van der Waals surface area contributed by atoms with Gasteiger partial charge < -0.3 is 11.1 Å². The molecule has 1 aromatic heterocycles. The fourth-order valence-corrected chi connectivity index (χ4v) is 1.26. The van der Waals surface area contributed by atoms with Crippen LogP contribution in [0.1, 0.15) is 0 Å². The Morgan fingerprint density at radius 3 is 2.62 bits per heavy atom. The van der Waals surface area contributed by atoms with Gasteiger partial charge in [-0.2, -0.15) is 0 Å². The molecule has 6 heteroatoms. The van der Waals surface area contributed by atoms with E-state index in [1.165, 1.54) is 11.5 Å². The Labute approximate surface area is 78.8 Å². The Morgan fingerprint density at radius 2 is 2.00 bits per heavy atom. The van der Waals surface area contributed by atoms with Gasteiger partial charge in [0.15, 0.2) is 0 Å². The number of anilines is 3. The van der Waals surface area contributed by atoms with Crippen molar-refractivity contribution >= 4 is 28.0 Å². The van der Waals surface area contributed by atoms with Crippen LogP contribution in [-0.4, -0.2) is 14.8 Å². The van der Waals surface area contributed by atoms with E-state index in [0.717, 1.165) is 11.4 Å². The highest BCUT2D eigenvalue weighted by Gasteiger charge is 1.97. The zero-order valence-electron chi connectivity index (χ0n) is 6.64. The molecular formula is C7H7N5S. The Hall–Kier alpha value is -1.69. The topological polar surface area (TPSA) is 76.7 Å². The molecular weight excluding hydrogens is 186 g/mol. The second kappa shape index (κ2) is 3.36. The fourth-order valence-electron chi connectivity index (χ4n) is 0.872. The molecule has 0 spiro atoms. The molecule has 0 aliphatic rings. The lowest BCUT2D eigenvalue weighted by Gasteiger charge is -2.00. The predicted octanol–water partition coefficient (Wildman–Crippen LogP) is 1.26. The highest BCUT2D eigenvalue weighted by Crippen LogP contribution is 2.16. The highest BCUT2D eigenvalue weighted by atomic mass is 32.1. The minimum Gasteiger partial charge on any atom is -0.399 e. The Morgan fingerprint density at radius 1 is 1.23 bits per heavy atom. The number of benzene rings is 1. The van der Waals surface area contributed by atoms with Crippen molar-refractivity contribution in [3.05, 3.63) is 24.3 Å². The SMILES string of the molecule is Nc1ccc(Nc2nnns2)cc1. The lowest BCUT2D eigenvalue weighted by Crippen LogP contribution is -1.90. The molecule has 0 aliphatic carbocycles. The first-order chi connectivity index (χ1) is 6.34. The number of hydrogen-bond donors (Lipinski definition) is 2. The van der Waals surface area contributed by atoms with Crippen LogP contribution >= 0.6 is 11.5 Å². The second-order valence-corrected chi connectivity index (χ2v) is 3.15. The van der Waals surface area contributed by atoms with E-state index in [4.69, 9.17) is 5.73 Å². The molecule has 13 heavy (non-hydrogen) atoms. The van der Waals surface area contributed by atoms with E-state index in [2.05, 4.69) is 20.1 Å². The molecule has 0 unspecified atom stereocenters. The molecule has 5 nitrogen and oxygen atoms in total. The van der Waals surface area contributed by atoms with E-state index < -0.39 is 0 Å². The molecule has 1 aromatic carbocycles. The van der Waals surface area contributed by atoms with Crippen molar-refractivity contribution in [2.45, 2.75) is 0 Å². The summed E-state index contributed by atoms with van der Waals surface area (Å²) in [4.78, 5) is 0. The van der Waals surface area contributed by atoms with Crippen LogP contribution in [0.25, 0.3) is 0 Å². The van der Waals surface area contributed by atoms with Crippen molar-refractivity contribution in [1.82, 2.24) is 14.8 Å². The van der Waals surface area contributed by atoms with E-state index in [1.807, 2.05) is 24.3 Å². The van der Waals surface area contributed by atoms with E-state index in [9.17, 15) is 0 Å². The van der Waals surface area contributed by atoms with Gasteiger partial charge in [0.1, 0.15) is 0 Å². The summed E-state index contributed by atoms with van der Waals surface area (Å²) in [6.45, 7) is 0. The van der Waals surface area contributed by atoms with Gasteiger partial charge in [0.2, 0.25) is 5.13 Å². The van der Waals surface area contributed by atoms with Crippen molar-refractivity contribution in [3.8, 4) is 0 Å². The lowest BCUT2D eigenvalue weighted by atomic mass is 10.3. The van der Waals surface area contributed by atoms with Gasteiger partial charge in [0, 0.05) is 22.9 Å². The minimum atomic E-state index is 0.671. The summed E-state index contributed by atoms with van der Waals surface area (Å²) in [5.74, 6) is 0. The number of nitrogen functional groups attached to an aromatic ring is 1. The summed E-state index contributed by atoms with van der Waals surface area (Å²) in [5, 5.41) is 10.9. The third-order valence-corrected chi connectivity index (χ3v) is 1.97. The molecule has 3 N–H and O–H groups in total. The van der Waals surface area contributed by atoms with Gasteiger partial charge >= 0.3 is 0 Å². The molecule has 0 aliphatic heterocycles. The zero-order valence-corrected chi connectivity index (χ0v) is 7.45. The van der Waals surface area contributed by atoms with Crippen molar-refractivity contribution < 1.29 is 0 Å². The maximum Gasteiger partial charge on any atom is 0.229 e. The van der Waals surface area contributed by atoms with E-state index in [1.54, 1.807) is 0 Å². The summed E-state index contributed by atoms with van der Waals surface area (Å²) in [5.41, 5.74) is 7.20. The van der Waals surface area contributed by atoms with Gasteiger partial charge in [0.05, 0.1) is 0 Å². The highest BCUT2D eigenvalue weighted by molar-refractivity contribution is 7.09. The average molecular weight is 193 g/mol.